The van der Waals surface area contributed by atoms with E-state index in [0.717, 1.165) is 12.1 Å². The lowest BCUT2D eigenvalue weighted by Gasteiger charge is -2.18. The lowest BCUT2D eigenvalue weighted by Crippen LogP contribution is -2.34. The zero-order valence-corrected chi connectivity index (χ0v) is 13.4. The molecule has 0 radical (unpaired) electrons. The van der Waals surface area contributed by atoms with Crippen LogP contribution in [0.3, 0.4) is 0 Å². The third-order valence-corrected chi connectivity index (χ3v) is 3.43. The van der Waals surface area contributed by atoms with E-state index in [-0.39, 0.29) is 12.2 Å². The smallest absolute Gasteiger partial charge is 0.395 e. The second kappa shape index (κ2) is 7.47. The maximum Gasteiger partial charge on any atom is 0.416 e. The lowest BCUT2D eigenvalue weighted by molar-refractivity contribution is -0.138. The monoisotopic (exact) mass is 397 g/mol. The molecule has 6 nitrogen and oxygen atoms in total. The number of hydrogen-bond donors (Lipinski definition) is 3. The van der Waals surface area contributed by atoms with Crippen LogP contribution < -0.4 is 10.6 Å². The Kier molecular flexibility index (Phi) is 5.68. The number of rotatable bonds is 6. The van der Waals surface area contributed by atoms with Crippen LogP contribution in [0.5, 0.6) is 0 Å². The van der Waals surface area contributed by atoms with Gasteiger partial charge in [-0.3, -0.25) is 14.5 Å². The van der Waals surface area contributed by atoms with Gasteiger partial charge < -0.3 is 15.7 Å². The number of anilines is 2. The summed E-state index contributed by atoms with van der Waals surface area (Å²) in [6, 6.07) is 1.88. The minimum atomic E-state index is -4.77. The van der Waals surface area contributed by atoms with Gasteiger partial charge >= 0.3 is 12.4 Å². The van der Waals surface area contributed by atoms with Crippen LogP contribution in [0.15, 0.2) is 30.0 Å². The number of alkyl halides is 6. The number of aliphatic hydroxyl groups excluding tert-OH is 1. The Labute approximate surface area is 148 Å². The molecule has 0 spiro atoms. The van der Waals surface area contributed by atoms with Crippen molar-refractivity contribution in [3.63, 3.8) is 0 Å². The molecule has 1 aliphatic rings. The van der Waals surface area contributed by atoms with Crippen molar-refractivity contribution in [1.29, 1.82) is 0 Å². The molecule has 1 aromatic carbocycles. The van der Waals surface area contributed by atoms with Crippen molar-refractivity contribution in [3.05, 3.63) is 35.5 Å². The van der Waals surface area contributed by atoms with Crippen LogP contribution in [-0.4, -0.2) is 47.7 Å². The van der Waals surface area contributed by atoms with E-state index in [1.54, 1.807) is 0 Å². The van der Waals surface area contributed by atoms with Crippen LogP contribution in [0, 0.1) is 0 Å². The molecule has 0 atom stereocenters. The van der Waals surface area contributed by atoms with Crippen LogP contribution in [0.1, 0.15) is 5.56 Å². The van der Waals surface area contributed by atoms with Gasteiger partial charge in [-0.25, -0.2) is 0 Å². The van der Waals surface area contributed by atoms with Gasteiger partial charge in [0.25, 0.3) is 11.8 Å². The third-order valence-electron chi connectivity index (χ3n) is 3.43. The predicted molar refractivity (Wildman–Crippen MR) is 81.5 cm³/mol. The van der Waals surface area contributed by atoms with Crippen molar-refractivity contribution in [2.24, 2.45) is 0 Å². The normalized spacial score (nSPS) is 15.2. The van der Waals surface area contributed by atoms with Gasteiger partial charge in [-0.05, 0) is 18.2 Å². The summed E-state index contributed by atoms with van der Waals surface area (Å²) < 4.78 is 75.8. The molecular formula is C15H13F6N3O3. The number of β-amino-alcohol motifs (C(OH)–C–C–N with tert-alkyl or cyclic N) is 1. The van der Waals surface area contributed by atoms with Crippen molar-refractivity contribution < 1.29 is 41.0 Å². The molecule has 0 saturated carbocycles. The number of imide groups is 1. The fourth-order valence-electron chi connectivity index (χ4n) is 2.23. The van der Waals surface area contributed by atoms with E-state index in [9.17, 15) is 35.9 Å². The van der Waals surface area contributed by atoms with Crippen LogP contribution in [0.4, 0.5) is 37.7 Å². The van der Waals surface area contributed by atoms with Crippen LogP contribution >= 0.6 is 0 Å². The first kappa shape index (κ1) is 20.6. The molecule has 0 fully saturated rings. The quantitative estimate of drug-likeness (QED) is 0.507. The van der Waals surface area contributed by atoms with Gasteiger partial charge in [0.05, 0.1) is 30.1 Å². The summed E-state index contributed by atoms with van der Waals surface area (Å²) >= 11 is 0. The summed E-state index contributed by atoms with van der Waals surface area (Å²) in [4.78, 5) is 24.4. The molecule has 0 unspecified atom stereocenters. The number of nitrogens with zero attached hydrogens (tertiary/aromatic N) is 1. The predicted octanol–water partition coefficient (Wildman–Crippen LogP) is 2.34. The summed E-state index contributed by atoms with van der Waals surface area (Å²) in [5, 5.41) is 13.0. The van der Waals surface area contributed by atoms with Gasteiger partial charge in [0.2, 0.25) is 0 Å². The van der Waals surface area contributed by atoms with E-state index in [4.69, 9.17) is 5.11 Å². The summed E-state index contributed by atoms with van der Waals surface area (Å²) in [5.74, 6) is -1.73. The molecule has 12 heteroatoms. The number of hydrogen-bond acceptors (Lipinski definition) is 5. The Morgan fingerprint density at radius 3 is 2.26 bits per heavy atom. The van der Waals surface area contributed by atoms with Gasteiger partial charge in [0.15, 0.2) is 0 Å². The van der Waals surface area contributed by atoms with Crippen molar-refractivity contribution in [1.82, 2.24) is 4.90 Å². The second-order valence-electron chi connectivity index (χ2n) is 5.43. The highest BCUT2D eigenvalue weighted by molar-refractivity contribution is 6.17. The second-order valence-corrected chi connectivity index (χ2v) is 5.43. The Bertz CT molecular complexity index is 773. The molecule has 3 N–H and O–H groups in total. The maximum absolute atomic E-state index is 12.9. The van der Waals surface area contributed by atoms with Crippen molar-refractivity contribution in [2.75, 3.05) is 30.3 Å². The summed E-state index contributed by atoms with van der Waals surface area (Å²) in [6.45, 7) is -2.38. The summed E-state index contributed by atoms with van der Waals surface area (Å²) in [5.41, 5.74) is -2.40. The van der Waals surface area contributed by atoms with Gasteiger partial charge in [0, 0.05) is 6.08 Å². The molecule has 0 aliphatic carbocycles. The molecule has 27 heavy (non-hydrogen) atoms. The van der Waals surface area contributed by atoms with Crippen LogP contribution in [0.25, 0.3) is 0 Å². The topological polar surface area (TPSA) is 81.7 Å². The Morgan fingerprint density at radius 2 is 1.70 bits per heavy atom. The number of carbonyl (C=O) groups is 2. The van der Waals surface area contributed by atoms with Crippen molar-refractivity contribution in [3.8, 4) is 0 Å². The molecule has 0 saturated heterocycles. The van der Waals surface area contributed by atoms with E-state index in [1.807, 2.05) is 5.32 Å². The van der Waals surface area contributed by atoms with E-state index in [0.29, 0.717) is 17.0 Å². The Hall–Kier alpha value is -2.76. The number of benzene rings is 1. The molecule has 148 valence electrons. The minimum Gasteiger partial charge on any atom is -0.395 e. The molecule has 0 bridgehead atoms. The number of aliphatic hydroxyl groups is 1. The number of halogens is 6. The zero-order chi connectivity index (χ0) is 20.4. The number of carbonyl (C=O) groups excluding carboxylic acids is 2. The average Bonchev–Trinajstić information content (AvgIpc) is 2.80. The van der Waals surface area contributed by atoms with E-state index in [2.05, 4.69) is 5.32 Å². The third kappa shape index (κ3) is 5.12. The Balaban J connectivity index is 2.33. The van der Waals surface area contributed by atoms with Gasteiger partial charge in [-0.2, -0.15) is 26.3 Å². The van der Waals surface area contributed by atoms with Crippen molar-refractivity contribution in [2.45, 2.75) is 12.4 Å². The summed E-state index contributed by atoms with van der Waals surface area (Å²) in [6.07, 6.45) is -8.62. The molecule has 1 heterocycles. The first-order valence-electron chi connectivity index (χ1n) is 7.39. The first-order valence-corrected chi connectivity index (χ1v) is 7.39. The fraction of sp³-hybridized carbons (Fsp3) is 0.333. The molecule has 1 aliphatic heterocycles. The minimum absolute atomic E-state index is 0.332. The SMILES string of the molecule is O=C1C=C(Nc2cc(C(F)(F)F)ccc2NCC(F)(F)F)C(=O)N1CCO. The molecule has 2 amide bonds. The van der Waals surface area contributed by atoms with Gasteiger partial charge in [-0.1, -0.05) is 0 Å². The first-order chi connectivity index (χ1) is 12.4. The number of amides is 2. The van der Waals surface area contributed by atoms with Gasteiger partial charge in [0.1, 0.15) is 12.2 Å². The van der Waals surface area contributed by atoms with E-state index < -0.39 is 54.3 Å². The molecule has 2 rings (SSSR count). The highest BCUT2D eigenvalue weighted by Crippen LogP contribution is 2.35. The Morgan fingerprint density at radius 1 is 1.04 bits per heavy atom. The number of nitrogens with one attached hydrogen (secondary N) is 2. The highest BCUT2D eigenvalue weighted by atomic mass is 19.4. The average molecular weight is 397 g/mol. The molecule has 1 aromatic rings. The van der Waals surface area contributed by atoms with Crippen LogP contribution in [0.2, 0.25) is 0 Å². The molecular weight excluding hydrogens is 384 g/mol. The van der Waals surface area contributed by atoms with Gasteiger partial charge in [-0.15, -0.1) is 0 Å². The molecule has 0 aromatic heterocycles. The standard InChI is InChI=1S/C15H13F6N3O3/c16-14(17,18)7-22-9-2-1-8(15(19,20)21)5-10(9)23-11-6-12(26)24(3-4-25)13(11)27/h1-2,5-6,22-23,25H,3-4,7H2. The fourth-order valence-corrected chi connectivity index (χ4v) is 2.23. The maximum atomic E-state index is 12.9. The lowest BCUT2D eigenvalue weighted by atomic mass is 10.1. The van der Waals surface area contributed by atoms with E-state index >= 15 is 0 Å². The largest absolute Gasteiger partial charge is 0.416 e. The highest BCUT2D eigenvalue weighted by Gasteiger charge is 2.34. The summed E-state index contributed by atoms with van der Waals surface area (Å²) in [7, 11) is 0. The van der Waals surface area contributed by atoms with E-state index in [1.165, 1.54) is 0 Å². The zero-order valence-electron chi connectivity index (χ0n) is 13.4. The van der Waals surface area contributed by atoms with Crippen molar-refractivity contribution >= 4 is 23.2 Å². The van der Waals surface area contributed by atoms with Crippen LogP contribution in [-0.2, 0) is 15.8 Å².